The number of hydrogen-bond donors (Lipinski definition) is 9. The van der Waals surface area contributed by atoms with Crippen molar-refractivity contribution >= 4 is 43.3 Å². The van der Waals surface area contributed by atoms with E-state index >= 15 is 9.59 Å². The number of nitrogens with one attached hydrogen (secondary N) is 2. The number of esters is 3. The molecular weight excluding hydrogens is 1560 g/mol. The smallest absolute Gasteiger partial charge is 0.462 e. The number of phosphoric ester groups is 1. The van der Waals surface area contributed by atoms with Gasteiger partial charge in [0.15, 0.2) is 18.7 Å². The van der Waals surface area contributed by atoms with Crippen LogP contribution in [0.5, 0.6) is 0 Å². The first kappa shape index (κ1) is 114. The SMILES string of the molecule is CCCCCCCCCCCCCC(=O)O[C@H](CCCCCCCCCCC)CC(=O)CC1[C@H](OP(=O)(O)O)C(CO)O[C@@H](OCC2O[C@H](O)C(NC(=O)C[C@H](O)CCCCCCCCCCC)[C@@H](OC(=O)C[C@H](O)CCCCCCCCCCC)[C@@H]2O)[C@H]1NC(=O)C[C@@H](CCCCCCCCCCC)OC(=O)CCCCCCCCCCCCC. The van der Waals surface area contributed by atoms with E-state index < -0.39 is 161 Å². The number of aliphatic hydroxyl groups is 5. The minimum absolute atomic E-state index is 0.142. The summed E-state index contributed by atoms with van der Waals surface area (Å²) in [4.78, 5) is 107. The third kappa shape index (κ3) is 61.0. The van der Waals surface area contributed by atoms with Crippen molar-refractivity contribution < 1.29 is 102 Å². The highest BCUT2D eigenvalue weighted by molar-refractivity contribution is 7.46. The zero-order valence-corrected chi connectivity index (χ0v) is 78.5. The van der Waals surface area contributed by atoms with E-state index in [1.54, 1.807) is 0 Å². The molecule has 121 heavy (non-hydrogen) atoms. The molecule has 0 aromatic rings. The minimum Gasteiger partial charge on any atom is -0.462 e. The Hall–Kier alpha value is -3.19. The summed E-state index contributed by atoms with van der Waals surface area (Å²) in [6.45, 7) is 11.4. The van der Waals surface area contributed by atoms with Crippen molar-refractivity contribution in [3.63, 3.8) is 0 Å². The molecule has 2 aliphatic heterocycles. The molecule has 0 saturated carbocycles. The minimum atomic E-state index is -5.54. The number of hydrogen-bond acceptors (Lipinski definition) is 19. The zero-order valence-electron chi connectivity index (χ0n) is 77.6. The van der Waals surface area contributed by atoms with Crippen LogP contribution >= 0.6 is 7.82 Å². The molecule has 712 valence electrons. The first-order valence-electron chi connectivity index (χ1n) is 50.3. The van der Waals surface area contributed by atoms with E-state index in [0.29, 0.717) is 57.8 Å². The number of phosphoric acid groups is 1. The molecule has 24 heteroatoms. The zero-order chi connectivity index (χ0) is 88.6. The summed E-state index contributed by atoms with van der Waals surface area (Å²) in [5, 5.41) is 63.6. The number of aliphatic hydroxyl groups excluding tert-OH is 5. The lowest BCUT2D eigenvalue weighted by Crippen LogP contribution is -2.66. The van der Waals surface area contributed by atoms with E-state index in [2.05, 4.69) is 52.2 Å². The summed E-state index contributed by atoms with van der Waals surface area (Å²) in [6.07, 6.45) is 44.1. The van der Waals surface area contributed by atoms with E-state index in [9.17, 15) is 59.1 Å². The van der Waals surface area contributed by atoms with Gasteiger partial charge in [0.05, 0.1) is 50.7 Å². The van der Waals surface area contributed by atoms with Crippen molar-refractivity contribution in [3.05, 3.63) is 0 Å². The third-order valence-electron chi connectivity index (χ3n) is 24.6. The van der Waals surface area contributed by atoms with Gasteiger partial charge in [0.25, 0.3) is 0 Å². The summed E-state index contributed by atoms with van der Waals surface area (Å²) in [5.74, 6) is -5.35. The molecule has 0 radical (unpaired) electrons. The van der Waals surface area contributed by atoms with Gasteiger partial charge in [-0.15, -0.1) is 0 Å². The van der Waals surface area contributed by atoms with Gasteiger partial charge in [0.2, 0.25) is 11.8 Å². The van der Waals surface area contributed by atoms with Crippen molar-refractivity contribution in [2.45, 2.75) is 564 Å². The molecule has 0 bridgehead atoms. The topological polar surface area (TPSA) is 350 Å². The average Bonchev–Trinajstić information content (AvgIpc) is 0.778. The Morgan fingerprint density at radius 1 is 0.372 bits per heavy atom. The maximum absolute atomic E-state index is 15.2. The van der Waals surface area contributed by atoms with E-state index in [-0.39, 0.29) is 32.1 Å². The van der Waals surface area contributed by atoms with Crippen LogP contribution in [0.1, 0.15) is 485 Å². The van der Waals surface area contributed by atoms with Crippen molar-refractivity contribution in [1.82, 2.24) is 10.6 Å². The predicted octanol–water partition coefficient (Wildman–Crippen LogP) is 21.9. The Balaban J connectivity index is 2.73. The molecule has 2 fully saturated rings. The highest BCUT2D eigenvalue weighted by Crippen LogP contribution is 2.45. The number of rotatable bonds is 85. The van der Waals surface area contributed by atoms with E-state index in [0.717, 1.165) is 186 Å². The van der Waals surface area contributed by atoms with Crippen LogP contribution in [0.3, 0.4) is 0 Å². The van der Waals surface area contributed by atoms with Gasteiger partial charge in [-0.2, -0.15) is 0 Å². The van der Waals surface area contributed by atoms with Gasteiger partial charge in [-0.05, 0) is 51.4 Å². The molecule has 2 heterocycles. The number of amides is 2. The van der Waals surface area contributed by atoms with Gasteiger partial charge in [0.1, 0.15) is 48.4 Å². The highest BCUT2D eigenvalue weighted by Gasteiger charge is 2.53. The van der Waals surface area contributed by atoms with Crippen LogP contribution in [0.15, 0.2) is 0 Å². The first-order valence-corrected chi connectivity index (χ1v) is 51.8. The normalized spacial score (nSPS) is 20.4. The van der Waals surface area contributed by atoms with Gasteiger partial charge in [-0.25, -0.2) is 4.57 Å². The van der Waals surface area contributed by atoms with Gasteiger partial charge >= 0.3 is 25.7 Å². The van der Waals surface area contributed by atoms with Gasteiger partial charge in [-0.1, -0.05) is 388 Å². The van der Waals surface area contributed by atoms with Crippen molar-refractivity contribution in [3.8, 4) is 0 Å². The number of Topliss-reactive ketones (excluding diaryl/α,β-unsaturated/α-hetero) is 1. The summed E-state index contributed by atoms with van der Waals surface area (Å²) in [6, 6.07) is -3.23. The van der Waals surface area contributed by atoms with Gasteiger partial charge < -0.3 is 74.4 Å². The van der Waals surface area contributed by atoms with Gasteiger partial charge in [0, 0.05) is 31.6 Å². The lowest BCUT2D eigenvalue weighted by molar-refractivity contribution is -0.293. The highest BCUT2D eigenvalue weighted by atomic mass is 31.2. The average molecular weight is 1740 g/mol. The van der Waals surface area contributed by atoms with Crippen LogP contribution in [0.4, 0.5) is 0 Å². The summed E-state index contributed by atoms with van der Waals surface area (Å²) in [5.41, 5.74) is 0. The van der Waals surface area contributed by atoms with Crippen LogP contribution in [0.2, 0.25) is 0 Å². The number of carbonyl (C=O) groups is 6. The van der Waals surface area contributed by atoms with Crippen LogP contribution in [0.25, 0.3) is 0 Å². The van der Waals surface area contributed by atoms with Crippen LogP contribution in [-0.2, 0) is 66.3 Å². The van der Waals surface area contributed by atoms with Crippen molar-refractivity contribution in [1.29, 1.82) is 0 Å². The molecule has 9 N–H and O–H groups in total. The predicted molar refractivity (Wildman–Crippen MR) is 482 cm³/mol. The molecule has 0 aromatic heterocycles. The second-order valence-electron chi connectivity index (χ2n) is 36.1. The molecule has 0 spiro atoms. The summed E-state index contributed by atoms with van der Waals surface area (Å²) < 4.78 is 56.1. The molecule has 23 nitrogen and oxygen atoms in total. The summed E-state index contributed by atoms with van der Waals surface area (Å²) >= 11 is 0. The Labute approximate surface area is 735 Å². The third-order valence-corrected chi connectivity index (χ3v) is 25.1. The van der Waals surface area contributed by atoms with Crippen LogP contribution in [0, 0.1) is 5.92 Å². The molecule has 2 amide bonds. The fourth-order valence-corrected chi connectivity index (χ4v) is 17.8. The van der Waals surface area contributed by atoms with E-state index in [4.69, 9.17) is 32.9 Å². The molecule has 4 unspecified atom stereocenters. The Kier molecular flexibility index (Phi) is 72.3. The lowest BCUT2D eigenvalue weighted by Gasteiger charge is -2.47. The lowest BCUT2D eigenvalue weighted by atomic mass is 9.82. The Morgan fingerprint density at radius 3 is 1.06 bits per heavy atom. The fourth-order valence-electron chi connectivity index (χ4n) is 17.2. The molecule has 0 aliphatic carbocycles. The monoisotopic (exact) mass is 1740 g/mol. The second kappa shape index (κ2) is 76.8. The quantitative estimate of drug-likeness (QED) is 0.0118. The Bertz CT molecular complexity index is 2550. The fraction of sp³-hybridized carbons (Fsp3) is 0.938. The van der Waals surface area contributed by atoms with Crippen LogP contribution < -0.4 is 10.6 Å². The largest absolute Gasteiger partial charge is 0.469 e. The van der Waals surface area contributed by atoms with Crippen LogP contribution in [-0.4, -0.2) is 164 Å². The van der Waals surface area contributed by atoms with E-state index in [1.807, 2.05) is 0 Å². The molecular formula is C97H183N2O21P. The molecule has 2 rings (SSSR count). The number of unbranched alkanes of at least 4 members (excludes halogenated alkanes) is 52. The Morgan fingerprint density at radius 2 is 0.694 bits per heavy atom. The number of ether oxygens (including phenoxy) is 6. The molecule has 0 aromatic carbocycles. The van der Waals surface area contributed by atoms with Crippen molar-refractivity contribution in [2.24, 2.45) is 5.92 Å². The number of ketones is 1. The maximum atomic E-state index is 15.2. The standard InChI is InChI=1S/C97H183N2O21P/c1-7-13-19-25-31-37-39-45-51-57-63-69-88(106)115-81(67-61-55-49-43-35-29-23-17-11-5)71-80(103)72-83-91(98-87(105)75-82(68-62-56-50-44-36-30-24-18-12-6)116-89(107)70-64-58-52-46-40-38-32-26-20-14-8-2)97(118-84(76-100)94(83)120-121(111,112)113)114-77-85-93(109)95(119-90(108)74-79(102)66-60-54-48-42-34-28-22-16-10-4)92(96(110)117-85)99-86(104)73-78(101)65-59-53-47-41-33-27-21-15-9-3/h78-79,81-85,91-97,100-102,109-110H,7-77H2,1-6H3,(H,98,105)(H,99,104)(H2,111,112,113)/t78-,79-,81-,82-,83?,84?,85?,91+,92?,93-,94+,95-,96+,97-/m1/s1. The van der Waals surface area contributed by atoms with Crippen molar-refractivity contribution in [2.75, 3.05) is 13.2 Å². The maximum Gasteiger partial charge on any atom is 0.469 e. The van der Waals surface area contributed by atoms with E-state index in [1.165, 1.54) is 148 Å². The molecule has 2 aliphatic rings. The first-order chi connectivity index (χ1) is 58.6. The molecule has 14 atom stereocenters. The number of carbonyl (C=O) groups excluding carboxylic acids is 6. The van der Waals surface area contributed by atoms with Gasteiger partial charge in [-0.3, -0.25) is 33.3 Å². The second-order valence-corrected chi connectivity index (χ2v) is 37.3. The summed E-state index contributed by atoms with van der Waals surface area (Å²) in [7, 11) is -5.54. The molecule has 2 saturated heterocycles.